The van der Waals surface area contributed by atoms with E-state index in [1.54, 1.807) is 14.1 Å². The number of hydrogen-bond donors (Lipinski definition) is 0. The average Bonchev–Trinajstić information content (AvgIpc) is 2.88. The van der Waals surface area contributed by atoms with Gasteiger partial charge in [-0.2, -0.15) is 4.68 Å². The van der Waals surface area contributed by atoms with Crippen molar-refractivity contribution in [1.29, 1.82) is 0 Å². The molecule has 0 N–H and O–H groups in total. The third-order valence-electron chi connectivity index (χ3n) is 3.51. The van der Waals surface area contributed by atoms with E-state index in [4.69, 9.17) is 0 Å². The number of amides is 1. The van der Waals surface area contributed by atoms with Crippen molar-refractivity contribution in [3.05, 3.63) is 6.33 Å². The molecule has 1 aromatic rings. The molecule has 2 rings (SSSR count). The zero-order chi connectivity index (χ0) is 14.8. The molecule has 8 heteroatoms. The molecule has 112 valence electrons. The third kappa shape index (κ3) is 3.36. The second-order valence-corrected chi connectivity index (χ2v) is 7.36. The van der Waals surface area contributed by atoms with Gasteiger partial charge in [-0.05, 0) is 18.8 Å². The zero-order valence-corrected chi connectivity index (χ0v) is 12.6. The van der Waals surface area contributed by atoms with Gasteiger partial charge in [0.25, 0.3) is 5.16 Å². The number of carbonyl (C=O) groups excluding carboxylic acids is 1. The van der Waals surface area contributed by atoms with Gasteiger partial charge in [0, 0.05) is 14.1 Å². The number of aromatic nitrogens is 3. The minimum atomic E-state index is -3.51. The number of hydrogen-bond acceptors (Lipinski definition) is 5. The highest BCUT2D eigenvalue weighted by atomic mass is 32.2. The van der Waals surface area contributed by atoms with Gasteiger partial charge in [0.05, 0.1) is 5.75 Å². The molecule has 0 saturated heterocycles. The summed E-state index contributed by atoms with van der Waals surface area (Å²) < 4.78 is 25.4. The first kappa shape index (κ1) is 15.0. The van der Waals surface area contributed by atoms with E-state index in [0.717, 1.165) is 36.7 Å². The number of nitrogens with zero attached hydrogens (tertiary/aromatic N) is 4. The molecule has 1 fully saturated rings. The van der Waals surface area contributed by atoms with Crippen molar-refractivity contribution < 1.29 is 13.2 Å². The molecular weight excluding hydrogens is 280 g/mol. The van der Waals surface area contributed by atoms with Gasteiger partial charge in [-0.3, -0.25) is 0 Å². The number of rotatable bonds is 3. The monoisotopic (exact) mass is 300 g/mol. The zero-order valence-electron chi connectivity index (χ0n) is 11.8. The third-order valence-corrected chi connectivity index (χ3v) is 5.16. The minimum Gasteiger partial charge on any atom is -0.329 e. The van der Waals surface area contributed by atoms with Gasteiger partial charge < -0.3 is 4.90 Å². The van der Waals surface area contributed by atoms with Crippen molar-refractivity contribution in [3.63, 3.8) is 0 Å². The fourth-order valence-corrected chi connectivity index (χ4v) is 3.95. The lowest BCUT2D eigenvalue weighted by Crippen LogP contribution is -2.28. The second kappa shape index (κ2) is 5.90. The van der Waals surface area contributed by atoms with Crippen molar-refractivity contribution in [3.8, 4) is 0 Å². The van der Waals surface area contributed by atoms with Crippen molar-refractivity contribution in [1.82, 2.24) is 19.7 Å². The summed E-state index contributed by atoms with van der Waals surface area (Å²) in [4.78, 5) is 16.8. The molecule has 0 unspecified atom stereocenters. The van der Waals surface area contributed by atoms with Crippen LogP contribution in [0.25, 0.3) is 0 Å². The predicted molar refractivity (Wildman–Crippen MR) is 73.1 cm³/mol. The van der Waals surface area contributed by atoms with Crippen LogP contribution in [0.3, 0.4) is 0 Å². The lowest BCUT2D eigenvalue weighted by atomic mass is 9.91. The lowest BCUT2D eigenvalue weighted by Gasteiger charge is -2.20. The maximum Gasteiger partial charge on any atom is 0.345 e. The van der Waals surface area contributed by atoms with Crippen LogP contribution in [0.15, 0.2) is 11.5 Å². The topological polar surface area (TPSA) is 85.2 Å². The maximum atomic E-state index is 12.2. The van der Waals surface area contributed by atoms with Crippen LogP contribution in [0.4, 0.5) is 4.79 Å². The summed E-state index contributed by atoms with van der Waals surface area (Å²) >= 11 is 0. The van der Waals surface area contributed by atoms with E-state index in [1.165, 1.54) is 11.3 Å². The molecule has 0 aromatic carbocycles. The molecule has 0 radical (unpaired) electrons. The van der Waals surface area contributed by atoms with Gasteiger partial charge >= 0.3 is 6.03 Å². The Kier molecular flexibility index (Phi) is 4.42. The largest absolute Gasteiger partial charge is 0.345 e. The summed E-state index contributed by atoms with van der Waals surface area (Å²) in [5.74, 6) is 0.262. The van der Waals surface area contributed by atoms with E-state index < -0.39 is 15.9 Å². The van der Waals surface area contributed by atoms with E-state index in [0.29, 0.717) is 0 Å². The SMILES string of the molecule is CN(C)C(=O)n1cnc(S(=O)(=O)CC2CCCCC2)n1. The Morgan fingerprint density at radius 2 is 2.00 bits per heavy atom. The Bertz CT molecular complexity index is 573. The predicted octanol–water partition coefficient (Wildman–Crippen LogP) is 1.16. The van der Waals surface area contributed by atoms with Crippen molar-refractivity contribution >= 4 is 15.9 Å². The normalized spacial score (nSPS) is 17.1. The molecule has 20 heavy (non-hydrogen) atoms. The fraction of sp³-hybridized carbons (Fsp3) is 0.750. The highest BCUT2D eigenvalue weighted by Gasteiger charge is 2.27. The molecule has 0 aliphatic heterocycles. The smallest absolute Gasteiger partial charge is 0.329 e. The first-order chi connectivity index (χ1) is 9.40. The van der Waals surface area contributed by atoms with E-state index in [-0.39, 0.29) is 16.8 Å². The lowest BCUT2D eigenvalue weighted by molar-refractivity contribution is 0.215. The standard InChI is InChI=1S/C12H20N4O3S/c1-15(2)12(17)16-9-13-11(14-16)20(18,19)8-10-6-4-3-5-7-10/h9-10H,3-8H2,1-2H3. The number of sulfone groups is 1. The Hall–Kier alpha value is -1.44. The van der Waals surface area contributed by atoms with Crippen LogP contribution in [0.2, 0.25) is 0 Å². The average molecular weight is 300 g/mol. The highest BCUT2D eigenvalue weighted by Crippen LogP contribution is 2.26. The molecule has 1 aliphatic rings. The minimum absolute atomic E-state index is 0.0766. The molecule has 0 spiro atoms. The van der Waals surface area contributed by atoms with Crippen LogP contribution in [-0.4, -0.2) is 54.0 Å². The first-order valence-electron chi connectivity index (χ1n) is 6.76. The summed E-state index contributed by atoms with van der Waals surface area (Å²) in [6, 6.07) is -0.420. The molecule has 1 aliphatic carbocycles. The van der Waals surface area contributed by atoms with Crippen LogP contribution in [-0.2, 0) is 9.84 Å². The van der Waals surface area contributed by atoms with E-state index in [1.807, 2.05) is 0 Å². The molecule has 0 atom stereocenters. The highest BCUT2D eigenvalue weighted by molar-refractivity contribution is 7.91. The number of carbonyl (C=O) groups is 1. The van der Waals surface area contributed by atoms with E-state index >= 15 is 0 Å². The van der Waals surface area contributed by atoms with Crippen LogP contribution >= 0.6 is 0 Å². The summed E-state index contributed by atoms with van der Waals surface area (Å²) in [7, 11) is -0.373. The summed E-state index contributed by atoms with van der Waals surface area (Å²) in [5, 5.41) is 3.54. The van der Waals surface area contributed by atoms with Crippen LogP contribution in [0.1, 0.15) is 32.1 Å². The molecule has 1 amide bonds. The van der Waals surface area contributed by atoms with Crippen molar-refractivity contribution in [2.75, 3.05) is 19.8 Å². The molecule has 7 nitrogen and oxygen atoms in total. The Morgan fingerprint density at radius 3 is 2.60 bits per heavy atom. The Labute approximate surface area is 118 Å². The van der Waals surface area contributed by atoms with Crippen LogP contribution < -0.4 is 0 Å². The Morgan fingerprint density at radius 1 is 1.35 bits per heavy atom. The fourth-order valence-electron chi connectivity index (χ4n) is 2.43. The molecule has 1 heterocycles. The summed E-state index contributed by atoms with van der Waals surface area (Å²) in [5.41, 5.74) is 0. The molecular formula is C12H20N4O3S. The summed E-state index contributed by atoms with van der Waals surface area (Å²) in [6.07, 6.45) is 6.38. The van der Waals surface area contributed by atoms with Crippen LogP contribution in [0, 0.1) is 5.92 Å². The van der Waals surface area contributed by atoms with Gasteiger partial charge in [0.15, 0.2) is 0 Å². The van der Waals surface area contributed by atoms with Crippen molar-refractivity contribution in [2.45, 2.75) is 37.3 Å². The van der Waals surface area contributed by atoms with Gasteiger partial charge in [0.1, 0.15) is 6.33 Å². The Balaban J connectivity index is 2.11. The first-order valence-corrected chi connectivity index (χ1v) is 8.41. The van der Waals surface area contributed by atoms with Gasteiger partial charge in [-0.25, -0.2) is 18.2 Å². The molecule has 0 bridgehead atoms. The summed E-state index contributed by atoms with van der Waals surface area (Å²) in [6.45, 7) is 0. The van der Waals surface area contributed by atoms with Gasteiger partial charge in [-0.15, -0.1) is 5.10 Å². The molecule has 1 aromatic heterocycles. The second-order valence-electron chi connectivity index (χ2n) is 5.43. The quantitative estimate of drug-likeness (QED) is 0.836. The van der Waals surface area contributed by atoms with Gasteiger partial charge in [-0.1, -0.05) is 19.3 Å². The van der Waals surface area contributed by atoms with Crippen LogP contribution in [0.5, 0.6) is 0 Å². The van der Waals surface area contributed by atoms with Crippen molar-refractivity contribution in [2.24, 2.45) is 5.92 Å². The molecule has 1 saturated carbocycles. The van der Waals surface area contributed by atoms with Gasteiger partial charge in [0.2, 0.25) is 9.84 Å². The van der Waals surface area contributed by atoms with E-state index in [9.17, 15) is 13.2 Å². The maximum absolute atomic E-state index is 12.2. The van der Waals surface area contributed by atoms with E-state index in [2.05, 4.69) is 10.1 Å².